The van der Waals surface area contributed by atoms with E-state index >= 15 is 0 Å². The molecule has 0 saturated heterocycles. The molecule has 20 heavy (non-hydrogen) atoms. The van der Waals surface area contributed by atoms with E-state index in [9.17, 15) is 14.9 Å². The van der Waals surface area contributed by atoms with E-state index in [0.717, 1.165) is 6.07 Å². The quantitative estimate of drug-likeness (QED) is 0.694. The Morgan fingerprint density at radius 2 is 2.05 bits per heavy atom. The summed E-state index contributed by atoms with van der Waals surface area (Å²) in [6, 6.07) is 3.70. The van der Waals surface area contributed by atoms with E-state index in [2.05, 4.69) is 15.3 Å². The maximum atomic E-state index is 11.9. The summed E-state index contributed by atoms with van der Waals surface area (Å²) >= 11 is 11.5. The van der Waals surface area contributed by atoms with Gasteiger partial charge in [-0.25, -0.2) is 4.98 Å². The van der Waals surface area contributed by atoms with Crippen molar-refractivity contribution in [2.24, 2.45) is 0 Å². The molecule has 0 aliphatic rings. The lowest BCUT2D eigenvalue weighted by molar-refractivity contribution is -0.384. The van der Waals surface area contributed by atoms with Crippen LogP contribution in [0.3, 0.4) is 0 Å². The number of carbonyl (C=O) groups excluding carboxylic acids is 1. The molecule has 0 fully saturated rings. The fourth-order valence-corrected chi connectivity index (χ4v) is 1.73. The molecule has 1 aromatic heterocycles. The van der Waals surface area contributed by atoms with E-state index in [0.29, 0.717) is 0 Å². The lowest BCUT2D eigenvalue weighted by Gasteiger charge is -2.06. The molecular weight excluding hydrogens is 307 g/mol. The molecule has 1 aromatic carbocycles. The molecule has 7 nitrogen and oxygen atoms in total. The fourth-order valence-electron chi connectivity index (χ4n) is 1.36. The predicted molar refractivity (Wildman–Crippen MR) is 73.1 cm³/mol. The predicted octanol–water partition coefficient (Wildman–Crippen LogP) is 2.94. The van der Waals surface area contributed by atoms with E-state index in [4.69, 9.17) is 23.2 Å². The highest BCUT2D eigenvalue weighted by Gasteiger charge is 2.13. The van der Waals surface area contributed by atoms with Crippen LogP contribution in [0.15, 0.2) is 30.6 Å². The summed E-state index contributed by atoms with van der Waals surface area (Å²) in [5, 5.41) is 13.2. The number of aromatic nitrogens is 2. The van der Waals surface area contributed by atoms with Crippen LogP contribution in [-0.2, 0) is 0 Å². The van der Waals surface area contributed by atoms with Gasteiger partial charge in [-0.15, -0.1) is 0 Å². The number of nitrogens with one attached hydrogen (secondary N) is 1. The van der Waals surface area contributed by atoms with E-state index in [1.54, 1.807) is 0 Å². The molecule has 0 radical (unpaired) electrons. The SMILES string of the molecule is O=C(Nc1ccc([N+](=O)[O-])cc1Cl)c1cncc(Cl)n1. The number of nitro groups is 1. The van der Waals surface area contributed by atoms with Gasteiger partial charge >= 0.3 is 0 Å². The second-order valence-corrected chi connectivity index (χ2v) is 4.40. The summed E-state index contributed by atoms with van der Waals surface area (Å²) in [7, 11) is 0. The zero-order chi connectivity index (χ0) is 14.7. The maximum absolute atomic E-state index is 11.9. The highest BCUT2D eigenvalue weighted by atomic mass is 35.5. The molecule has 1 amide bonds. The van der Waals surface area contributed by atoms with Crippen LogP contribution in [0.25, 0.3) is 0 Å². The van der Waals surface area contributed by atoms with Crippen LogP contribution in [0.4, 0.5) is 11.4 Å². The minimum absolute atomic E-state index is 0.00641. The van der Waals surface area contributed by atoms with Crippen molar-refractivity contribution in [2.75, 3.05) is 5.32 Å². The van der Waals surface area contributed by atoms with Crippen molar-refractivity contribution in [3.8, 4) is 0 Å². The van der Waals surface area contributed by atoms with E-state index < -0.39 is 10.8 Å². The minimum Gasteiger partial charge on any atom is -0.319 e. The first-order valence-electron chi connectivity index (χ1n) is 5.20. The van der Waals surface area contributed by atoms with Gasteiger partial charge in [0.2, 0.25) is 0 Å². The molecule has 0 spiro atoms. The van der Waals surface area contributed by atoms with Crippen molar-refractivity contribution in [3.63, 3.8) is 0 Å². The van der Waals surface area contributed by atoms with Gasteiger partial charge in [0.15, 0.2) is 0 Å². The summed E-state index contributed by atoms with van der Waals surface area (Å²) in [5.74, 6) is -0.573. The summed E-state index contributed by atoms with van der Waals surface area (Å²) < 4.78 is 0. The number of hydrogen-bond acceptors (Lipinski definition) is 5. The van der Waals surface area contributed by atoms with Crippen molar-refractivity contribution in [3.05, 3.63) is 56.6 Å². The third-order valence-electron chi connectivity index (χ3n) is 2.25. The monoisotopic (exact) mass is 312 g/mol. The standard InChI is InChI=1S/C11H6Cl2N4O3/c12-7-3-6(17(19)20)1-2-8(7)16-11(18)9-4-14-5-10(13)15-9/h1-5H,(H,16,18). The number of hydrogen-bond donors (Lipinski definition) is 1. The van der Waals surface area contributed by atoms with Gasteiger partial charge in [0, 0.05) is 12.1 Å². The molecule has 0 atom stereocenters. The number of anilines is 1. The Morgan fingerprint density at radius 3 is 2.65 bits per heavy atom. The van der Waals surface area contributed by atoms with Crippen molar-refractivity contribution in [1.29, 1.82) is 0 Å². The lowest BCUT2D eigenvalue weighted by Crippen LogP contribution is -2.14. The number of carbonyl (C=O) groups is 1. The third kappa shape index (κ3) is 3.19. The van der Waals surface area contributed by atoms with Gasteiger partial charge in [0.05, 0.1) is 28.0 Å². The van der Waals surface area contributed by atoms with Gasteiger partial charge in [-0.3, -0.25) is 19.9 Å². The number of non-ortho nitro benzene ring substituents is 1. The summed E-state index contributed by atoms with van der Waals surface area (Å²) in [6.45, 7) is 0. The second kappa shape index (κ2) is 5.81. The number of amides is 1. The van der Waals surface area contributed by atoms with Crippen LogP contribution < -0.4 is 5.32 Å². The van der Waals surface area contributed by atoms with Crippen LogP contribution >= 0.6 is 23.2 Å². The van der Waals surface area contributed by atoms with Gasteiger partial charge in [0.1, 0.15) is 10.8 Å². The molecular formula is C11H6Cl2N4O3. The average Bonchev–Trinajstić information content (AvgIpc) is 2.40. The molecule has 102 valence electrons. The van der Waals surface area contributed by atoms with Crippen molar-refractivity contribution in [1.82, 2.24) is 9.97 Å². The van der Waals surface area contributed by atoms with Crippen molar-refractivity contribution >= 4 is 40.5 Å². The lowest BCUT2D eigenvalue weighted by atomic mass is 10.2. The van der Waals surface area contributed by atoms with Crippen LogP contribution in [0.5, 0.6) is 0 Å². The summed E-state index contributed by atoms with van der Waals surface area (Å²) in [5.41, 5.74) is 0.0616. The molecule has 1 N–H and O–H groups in total. The maximum Gasteiger partial charge on any atom is 0.275 e. The van der Waals surface area contributed by atoms with Gasteiger partial charge in [-0.05, 0) is 6.07 Å². The number of benzene rings is 1. The van der Waals surface area contributed by atoms with E-state index in [-0.39, 0.29) is 27.2 Å². The molecule has 0 unspecified atom stereocenters. The minimum atomic E-state index is -0.583. The first-order chi connectivity index (χ1) is 9.47. The molecule has 0 saturated carbocycles. The normalized spacial score (nSPS) is 10.1. The Balaban J connectivity index is 2.22. The zero-order valence-corrected chi connectivity index (χ0v) is 11.2. The molecule has 2 aromatic rings. The smallest absolute Gasteiger partial charge is 0.275 e. The first kappa shape index (κ1) is 14.2. The van der Waals surface area contributed by atoms with Gasteiger partial charge < -0.3 is 5.32 Å². The molecule has 0 bridgehead atoms. The number of nitrogens with zero attached hydrogens (tertiary/aromatic N) is 3. The highest BCUT2D eigenvalue weighted by Crippen LogP contribution is 2.26. The average molecular weight is 313 g/mol. The van der Waals surface area contributed by atoms with E-state index in [1.165, 1.54) is 24.5 Å². The topological polar surface area (TPSA) is 98.0 Å². The third-order valence-corrected chi connectivity index (χ3v) is 2.74. The molecule has 0 aliphatic heterocycles. The molecule has 0 aliphatic carbocycles. The Hall–Kier alpha value is -2.25. The fraction of sp³-hybridized carbons (Fsp3) is 0. The largest absolute Gasteiger partial charge is 0.319 e. The Bertz CT molecular complexity index is 693. The zero-order valence-electron chi connectivity index (χ0n) is 9.71. The van der Waals surface area contributed by atoms with Crippen molar-refractivity contribution < 1.29 is 9.72 Å². The van der Waals surface area contributed by atoms with Crippen LogP contribution in [0.1, 0.15) is 10.5 Å². The van der Waals surface area contributed by atoms with Gasteiger partial charge in [0.25, 0.3) is 11.6 Å². The van der Waals surface area contributed by atoms with Crippen LogP contribution in [0.2, 0.25) is 10.2 Å². The van der Waals surface area contributed by atoms with E-state index in [1.807, 2.05) is 0 Å². The van der Waals surface area contributed by atoms with Crippen LogP contribution in [0, 0.1) is 10.1 Å². The summed E-state index contributed by atoms with van der Waals surface area (Å²) in [6.07, 6.45) is 2.53. The Kier molecular flexibility index (Phi) is 4.11. The molecule has 2 rings (SSSR count). The number of halogens is 2. The Labute approximate surface area is 122 Å². The van der Waals surface area contributed by atoms with Gasteiger partial charge in [-0.1, -0.05) is 23.2 Å². The second-order valence-electron chi connectivity index (χ2n) is 3.60. The Morgan fingerprint density at radius 1 is 1.30 bits per heavy atom. The highest BCUT2D eigenvalue weighted by molar-refractivity contribution is 6.34. The number of rotatable bonds is 3. The first-order valence-corrected chi connectivity index (χ1v) is 5.96. The molecule has 9 heteroatoms. The molecule has 1 heterocycles. The summed E-state index contributed by atoms with van der Waals surface area (Å²) in [4.78, 5) is 29.4. The van der Waals surface area contributed by atoms with Crippen molar-refractivity contribution in [2.45, 2.75) is 0 Å². The van der Waals surface area contributed by atoms with Gasteiger partial charge in [-0.2, -0.15) is 0 Å². The van der Waals surface area contributed by atoms with Crippen LogP contribution in [-0.4, -0.2) is 20.8 Å². The number of nitro benzene ring substituents is 1.